The van der Waals surface area contributed by atoms with Crippen molar-refractivity contribution in [2.75, 3.05) is 0 Å². The van der Waals surface area contributed by atoms with Gasteiger partial charge in [0, 0.05) is 18.3 Å². The molecule has 48 valence electrons. The van der Waals surface area contributed by atoms with Gasteiger partial charge < -0.3 is 28.1 Å². The maximum absolute atomic E-state index is 8.52. The molecule has 0 atom stereocenters. The molecule has 0 aromatic carbocycles. The zero-order valence-electron chi connectivity index (χ0n) is 4.86. The first-order valence-corrected chi connectivity index (χ1v) is 3.67. The summed E-state index contributed by atoms with van der Waals surface area (Å²) in [5, 5.41) is 0. The molecule has 6 nitrogen and oxygen atoms in total. The quantitative estimate of drug-likeness (QED) is 0.358. The normalized spacial score (nSPS) is 4.80. The number of hydrogen-bond acceptors (Lipinski definition) is 6. The Labute approximate surface area is 92.0 Å². The Bertz CT molecular complexity index is 71.7. The molecular weight excluding hydrogens is 201 g/mol. The Kier molecular flexibility index (Phi) is 36.8. The van der Waals surface area contributed by atoms with Crippen molar-refractivity contribution in [1.29, 1.82) is 0 Å². The second-order valence-electron chi connectivity index (χ2n) is 0.500. The van der Waals surface area contributed by atoms with Crippen molar-refractivity contribution < 1.29 is 28.1 Å². The van der Waals surface area contributed by atoms with Gasteiger partial charge in [0.05, 0.1) is 0 Å². The third-order valence-corrected chi connectivity index (χ3v) is 0. The standard InChI is InChI=1S/2Mg.2O3Si/c;;2*1-4(2)3/q2*+2;2*-2. The van der Waals surface area contributed by atoms with E-state index >= 15 is 0 Å². The molecule has 0 saturated heterocycles. The van der Waals surface area contributed by atoms with Crippen LogP contribution in [0.15, 0.2) is 0 Å². The summed E-state index contributed by atoms with van der Waals surface area (Å²) in [7, 11) is -7.26. The van der Waals surface area contributed by atoms with Crippen molar-refractivity contribution in [3.05, 3.63) is 0 Å². The summed E-state index contributed by atoms with van der Waals surface area (Å²) in [6.07, 6.45) is 0. The minimum Gasteiger partial charge on any atom is -0.672 e. The van der Waals surface area contributed by atoms with Gasteiger partial charge in [0.2, 0.25) is 0 Å². The zero-order valence-corrected chi connectivity index (χ0v) is 9.69. The van der Waals surface area contributed by atoms with Gasteiger partial charge >= 0.3 is 46.1 Å². The predicted molar refractivity (Wildman–Crippen MR) is 24.4 cm³/mol. The van der Waals surface area contributed by atoms with Gasteiger partial charge in [-0.2, -0.15) is 0 Å². The van der Waals surface area contributed by atoms with E-state index in [1.165, 1.54) is 0 Å². The average Bonchev–Trinajstić information content (AvgIpc) is 1.25. The number of hydrogen-bond donors (Lipinski definition) is 0. The molecule has 0 aliphatic heterocycles. The molecule has 0 fully saturated rings. The summed E-state index contributed by atoms with van der Waals surface area (Å²) in [4.78, 5) is 34.1. The number of rotatable bonds is 0. The second-order valence-corrected chi connectivity index (χ2v) is 1.50. The van der Waals surface area contributed by atoms with Crippen molar-refractivity contribution in [1.82, 2.24) is 0 Å². The van der Waals surface area contributed by atoms with Crippen LogP contribution in [0.4, 0.5) is 0 Å². The van der Waals surface area contributed by atoms with E-state index in [1.807, 2.05) is 0 Å². The van der Waals surface area contributed by atoms with Gasteiger partial charge in [-0.05, 0) is 0 Å². The molecule has 0 unspecified atom stereocenters. The largest absolute Gasteiger partial charge is 2.00 e. The third-order valence-electron chi connectivity index (χ3n) is 0. The molecule has 0 aliphatic carbocycles. The molecule has 0 rings (SSSR count). The Morgan fingerprint density at radius 2 is 0.700 bits per heavy atom. The Morgan fingerprint density at radius 3 is 0.700 bits per heavy atom. The molecule has 0 aliphatic rings. The van der Waals surface area contributed by atoms with Crippen molar-refractivity contribution in [3.8, 4) is 0 Å². The molecule has 0 heterocycles. The van der Waals surface area contributed by atoms with Gasteiger partial charge in [-0.15, -0.1) is 0 Å². The van der Waals surface area contributed by atoms with Crippen LogP contribution in [0.5, 0.6) is 0 Å². The summed E-state index contributed by atoms with van der Waals surface area (Å²) < 4.78 is 17.0. The molecule has 0 saturated carbocycles. The van der Waals surface area contributed by atoms with Crippen molar-refractivity contribution in [2.24, 2.45) is 0 Å². The van der Waals surface area contributed by atoms with Crippen LogP contribution in [0.1, 0.15) is 0 Å². The van der Waals surface area contributed by atoms with Crippen LogP contribution < -0.4 is 19.2 Å². The zero-order chi connectivity index (χ0) is 7.15. The van der Waals surface area contributed by atoms with Crippen LogP contribution in [0.3, 0.4) is 0 Å². The predicted octanol–water partition coefficient (Wildman–Crippen LogP) is -6.52. The Morgan fingerprint density at radius 1 is 0.700 bits per heavy atom. The first-order chi connectivity index (χ1) is 3.46. The summed E-state index contributed by atoms with van der Waals surface area (Å²) in [5.74, 6) is 0. The van der Waals surface area contributed by atoms with E-state index in [1.54, 1.807) is 0 Å². The van der Waals surface area contributed by atoms with E-state index in [0.717, 1.165) is 0 Å². The fourth-order valence-electron chi connectivity index (χ4n) is 0. The molecule has 0 aromatic rings. The van der Waals surface area contributed by atoms with Gasteiger partial charge in [-0.25, -0.2) is 0 Å². The van der Waals surface area contributed by atoms with Gasteiger partial charge in [0.25, 0.3) is 0 Å². The molecule has 0 N–H and O–H groups in total. The van der Waals surface area contributed by atoms with Crippen LogP contribution in [-0.2, 0) is 8.92 Å². The van der Waals surface area contributed by atoms with Crippen molar-refractivity contribution >= 4 is 64.4 Å². The van der Waals surface area contributed by atoms with Crippen LogP contribution in [-0.4, -0.2) is 64.4 Å². The molecular formula is Mg2O6Si2. The summed E-state index contributed by atoms with van der Waals surface area (Å²) in [6.45, 7) is 0. The monoisotopic (exact) mass is 200 g/mol. The van der Waals surface area contributed by atoms with Crippen LogP contribution in [0, 0.1) is 0 Å². The first-order valence-electron chi connectivity index (χ1n) is 1.22. The second kappa shape index (κ2) is 16.4. The van der Waals surface area contributed by atoms with Crippen molar-refractivity contribution in [3.63, 3.8) is 0 Å². The summed E-state index contributed by atoms with van der Waals surface area (Å²) >= 11 is 0. The van der Waals surface area contributed by atoms with Crippen molar-refractivity contribution in [2.45, 2.75) is 0 Å². The molecule has 0 amide bonds. The molecule has 10 heavy (non-hydrogen) atoms. The Hall–Kier alpha value is 0.766. The maximum atomic E-state index is 8.52. The fourth-order valence-corrected chi connectivity index (χ4v) is 0. The molecule has 0 spiro atoms. The van der Waals surface area contributed by atoms with E-state index in [2.05, 4.69) is 0 Å². The summed E-state index contributed by atoms with van der Waals surface area (Å²) in [6, 6.07) is 0. The first kappa shape index (κ1) is 22.4. The average molecular weight is 201 g/mol. The van der Waals surface area contributed by atoms with Gasteiger partial charge in [0.15, 0.2) is 0 Å². The summed E-state index contributed by atoms with van der Waals surface area (Å²) in [5.41, 5.74) is 0. The SMILES string of the molecule is O=[Si]([O-])[O-].O=[Si]([O-])[O-].[Mg+2].[Mg+2]. The molecule has 0 aromatic heterocycles. The van der Waals surface area contributed by atoms with E-state index in [-0.39, 0.29) is 46.1 Å². The van der Waals surface area contributed by atoms with Crippen LogP contribution >= 0.6 is 0 Å². The molecule has 0 radical (unpaired) electrons. The fraction of sp³-hybridized carbons (Fsp3) is 0. The molecule has 0 bridgehead atoms. The van der Waals surface area contributed by atoms with Gasteiger partial charge in [-0.3, -0.25) is 0 Å². The smallest absolute Gasteiger partial charge is 0.672 e. The van der Waals surface area contributed by atoms with E-state index in [4.69, 9.17) is 28.1 Å². The molecule has 10 heteroatoms. The van der Waals surface area contributed by atoms with Gasteiger partial charge in [0.1, 0.15) is 0 Å². The Balaban J connectivity index is -0.0000000300. The van der Waals surface area contributed by atoms with E-state index in [9.17, 15) is 0 Å². The van der Waals surface area contributed by atoms with E-state index in [0.29, 0.717) is 0 Å². The topological polar surface area (TPSA) is 126 Å². The minimum atomic E-state index is -3.63. The van der Waals surface area contributed by atoms with Gasteiger partial charge in [-0.1, -0.05) is 0 Å². The third kappa shape index (κ3) is 901. The van der Waals surface area contributed by atoms with Crippen LogP contribution in [0.2, 0.25) is 0 Å². The maximum Gasteiger partial charge on any atom is 2.00 e. The van der Waals surface area contributed by atoms with E-state index < -0.39 is 18.3 Å². The van der Waals surface area contributed by atoms with Crippen LogP contribution in [0.25, 0.3) is 0 Å². The minimum absolute atomic E-state index is 0.